The first-order valence-corrected chi connectivity index (χ1v) is 8.04. The average Bonchev–Trinajstić information content (AvgIpc) is 2.61. The maximum atomic E-state index is 13.6. The van der Waals surface area contributed by atoms with Gasteiger partial charge >= 0.3 is 0 Å². The van der Waals surface area contributed by atoms with Crippen LogP contribution in [0, 0.1) is 18.6 Å². The Balaban J connectivity index is 1.62. The Morgan fingerprint density at radius 3 is 2.58 bits per heavy atom. The first-order valence-electron chi connectivity index (χ1n) is 8.04. The number of carbonyl (C=O) groups is 1. The Bertz CT molecular complexity index is 927. The number of amides is 1. The van der Waals surface area contributed by atoms with Gasteiger partial charge in [0.25, 0.3) is 0 Å². The van der Waals surface area contributed by atoms with Crippen molar-refractivity contribution in [3.05, 3.63) is 83.6 Å². The van der Waals surface area contributed by atoms with E-state index >= 15 is 0 Å². The lowest BCUT2D eigenvalue weighted by atomic mass is 10.1. The minimum Gasteiger partial charge on any atom is -0.352 e. The summed E-state index contributed by atoms with van der Waals surface area (Å²) in [6, 6.07) is 14.2. The van der Waals surface area contributed by atoms with E-state index in [0.717, 1.165) is 17.2 Å². The number of halogens is 2. The first kappa shape index (κ1) is 17.5. The number of aromatic nitrogens is 1. The van der Waals surface area contributed by atoms with Crippen molar-refractivity contribution in [3.8, 4) is 0 Å². The molecule has 3 rings (SSSR count). The maximum Gasteiger partial charge on any atom is 0.229 e. The predicted octanol–water partition coefficient (Wildman–Crippen LogP) is 4.59. The van der Waals surface area contributed by atoms with E-state index < -0.39 is 11.6 Å². The van der Waals surface area contributed by atoms with Crippen LogP contribution in [0.5, 0.6) is 0 Å². The fourth-order valence-electron chi connectivity index (χ4n) is 2.46. The van der Waals surface area contributed by atoms with Gasteiger partial charge in [-0.15, -0.1) is 0 Å². The Kier molecular flexibility index (Phi) is 5.22. The van der Waals surface area contributed by atoms with Gasteiger partial charge in [0.1, 0.15) is 17.5 Å². The van der Waals surface area contributed by atoms with E-state index in [4.69, 9.17) is 0 Å². The summed E-state index contributed by atoms with van der Waals surface area (Å²) in [7, 11) is 0. The molecular formula is C20H17F2N3O. The highest BCUT2D eigenvalue weighted by molar-refractivity contribution is 5.91. The topological polar surface area (TPSA) is 54.0 Å². The molecule has 1 heterocycles. The fraction of sp³-hybridized carbons (Fsp3) is 0.100. The summed E-state index contributed by atoms with van der Waals surface area (Å²) in [6.45, 7) is 1.95. The molecule has 0 unspecified atom stereocenters. The number of hydrogen-bond acceptors (Lipinski definition) is 3. The van der Waals surface area contributed by atoms with Gasteiger partial charge in [-0.1, -0.05) is 24.3 Å². The van der Waals surface area contributed by atoms with E-state index in [-0.39, 0.29) is 18.0 Å². The van der Waals surface area contributed by atoms with Gasteiger partial charge in [-0.05, 0) is 42.3 Å². The van der Waals surface area contributed by atoms with E-state index in [1.165, 1.54) is 18.3 Å². The molecule has 0 fully saturated rings. The lowest BCUT2D eigenvalue weighted by molar-refractivity contribution is -0.115. The van der Waals surface area contributed by atoms with Crippen molar-refractivity contribution in [2.45, 2.75) is 13.3 Å². The molecule has 1 amide bonds. The van der Waals surface area contributed by atoms with Crippen LogP contribution in [0.15, 0.2) is 60.8 Å². The van der Waals surface area contributed by atoms with Gasteiger partial charge in [0.2, 0.25) is 5.91 Å². The average molecular weight is 353 g/mol. The minimum absolute atomic E-state index is 0.143. The molecule has 0 aliphatic heterocycles. The first-order chi connectivity index (χ1) is 12.5. The third-order valence-electron chi connectivity index (χ3n) is 3.85. The zero-order chi connectivity index (χ0) is 18.5. The lowest BCUT2D eigenvalue weighted by Crippen LogP contribution is -2.15. The second-order valence-corrected chi connectivity index (χ2v) is 5.83. The minimum atomic E-state index is -0.694. The normalized spacial score (nSPS) is 10.4. The van der Waals surface area contributed by atoms with E-state index in [0.29, 0.717) is 11.5 Å². The zero-order valence-corrected chi connectivity index (χ0v) is 14.1. The summed E-state index contributed by atoms with van der Waals surface area (Å²) in [5, 5.41) is 5.54. The highest BCUT2D eigenvalue weighted by Gasteiger charge is 2.08. The number of aryl methyl sites for hydroxylation is 1. The Morgan fingerprint density at radius 2 is 1.88 bits per heavy atom. The second-order valence-electron chi connectivity index (χ2n) is 5.83. The van der Waals surface area contributed by atoms with Crippen LogP contribution < -0.4 is 10.6 Å². The molecule has 132 valence electrons. The van der Waals surface area contributed by atoms with Gasteiger partial charge in [0.05, 0.1) is 24.0 Å². The van der Waals surface area contributed by atoms with Crippen LogP contribution in [-0.4, -0.2) is 10.9 Å². The van der Waals surface area contributed by atoms with Gasteiger partial charge in [-0.3, -0.25) is 4.79 Å². The summed E-state index contributed by atoms with van der Waals surface area (Å²) in [5.74, 6) is -1.11. The number of nitrogens with zero attached hydrogens (tertiary/aromatic N) is 1. The van der Waals surface area contributed by atoms with Crippen LogP contribution in [0.3, 0.4) is 0 Å². The van der Waals surface area contributed by atoms with Gasteiger partial charge in [-0.25, -0.2) is 13.8 Å². The molecule has 0 saturated heterocycles. The van der Waals surface area contributed by atoms with Crippen LogP contribution in [-0.2, 0) is 11.2 Å². The number of carbonyl (C=O) groups excluding carboxylic acids is 1. The summed E-state index contributed by atoms with van der Waals surface area (Å²) in [6.07, 6.45) is 1.72. The molecule has 0 aliphatic rings. The van der Waals surface area contributed by atoms with Gasteiger partial charge < -0.3 is 10.6 Å². The van der Waals surface area contributed by atoms with Gasteiger partial charge in [0.15, 0.2) is 0 Å². The largest absolute Gasteiger partial charge is 0.352 e. The van der Waals surface area contributed by atoms with Crippen molar-refractivity contribution >= 4 is 23.1 Å². The number of anilines is 3. The third kappa shape index (κ3) is 4.42. The standard InChI is InChI=1S/C20H17F2N3O/c1-13-4-2-3-5-14(13)10-20(26)25-19-9-7-16(12-23-19)24-18-8-6-15(21)11-17(18)22/h2-9,11-12,24H,10H2,1H3,(H,23,25,26). The molecule has 0 spiro atoms. The molecule has 0 saturated carbocycles. The molecule has 1 aromatic heterocycles. The molecule has 0 aliphatic carbocycles. The second kappa shape index (κ2) is 7.74. The van der Waals surface area contributed by atoms with Crippen LogP contribution in [0.4, 0.5) is 26.0 Å². The summed E-state index contributed by atoms with van der Waals surface area (Å²) in [4.78, 5) is 16.3. The fourth-order valence-corrected chi connectivity index (χ4v) is 2.46. The Hall–Kier alpha value is -3.28. The predicted molar refractivity (Wildman–Crippen MR) is 97.4 cm³/mol. The van der Waals surface area contributed by atoms with Crippen LogP contribution in [0.25, 0.3) is 0 Å². The number of pyridine rings is 1. The molecule has 0 radical (unpaired) electrons. The number of benzene rings is 2. The highest BCUT2D eigenvalue weighted by Crippen LogP contribution is 2.21. The molecule has 0 atom stereocenters. The third-order valence-corrected chi connectivity index (χ3v) is 3.85. The van der Waals surface area contributed by atoms with Gasteiger partial charge in [0, 0.05) is 6.07 Å². The van der Waals surface area contributed by atoms with E-state index in [1.807, 2.05) is 31.2 Å². The molecule has 3 aromatic rings. The van der Waals surface area contributed by atoms with Gasteiger partial charge in [-0.2, -0.15) is 0 Å². The lowest BCUT2D eigenvalue weighted by Gasteiger charge is -2.09. The molecular weight excluding hydrogens is 336 g/mol. The molecule has 2 N–H and O–H groups in total. The summed E-state index contributed by atoms with van der Waals surface area (Å²) >= 11 is 0. The number of nitrogens with one attached hydrogen (secondary N) is 2. The summed E-state index contributed by atoms with van der Waals surface area (Å²) in [5.41, 5.74) is 2.67. The highest BCUT2D eigenvalue weighted by atomic mass is 19.1. The van der Waals surface area contributed by atoms with Crippen LogP contribution in [0.1, 0.15) is 11.1 Å². The van der Waals surface area contributed by atoms with Crippen molar-refractivity contribution in [1.82, 2.24) is 4.98 Å². The van der Waals surface area contributed by atoms with E-state index in [9.17, 15) is 13.6 Å². The quantitative estimate of drug-likeness (QED) is 0.705. The smallest absolute Gasteiger partial charge is 0.229 e. The molecule has 4 nitrogen and oxygen atoms in total. The number of rotatable bonds is 5. The molecule has 26 heavy (non-hydrogen) atoms. The van der Waals surface area contributed by atoms with Crippen molar-refractivity contribution in [2.75, 3.05) is 10.6 Å². The number of hydrogen-bond donors (Lipinski definition) is 2. The zero-order valence-electron chi connectivity index (χ0n) is 14.1. The molecule has 6 heteroatoms. The van der Waals surface area contributed by atoms with Crippen molar-refractivity contribution in [3.63, 3.8) is 0 Å². The molecule has 2 aromatic carbocycles. The van der Waals surface area contributed by atoms with E-state index in [1.54, 1.807) is 12.1 Å². The summed E-state index contributed by atoms with van der Waals surface area (Å²) < 4.78 is 26.6. The SMILES string of the molecule is Cc1ccccc1CC(=O)Nc1ccc(Nc2ccc(F)cc2F)cn1. The van der Waals surface area contributed by atoms with Crippen molar-refractivity contribution in [1.29, 1.82) is 0 Å². The Morgan fingerprint density at radius 1 is 1.08 bits per heavy atom. The van der Waals surface area contributed by atoms with E-state index in [2.05, 4.69) is 15.6 Å². The monoisotopic (exact) mass is 353 g/mol. The van der Waals surface area contributed by atoms with Crippen molar-refractivity contribution in [2.24, 2.45) is 0 Å². The maximum absolute atomic E-state index is 13.6. The van der Waals surface area contributed by atoms with Crippen molar-refractivity contribution < 1.29 is 13.6 Å². The van der Waals surface area contributed by atoms with Crippen LogP contribution in [0.2, 0.25) is 0 Å². The van der Waals surface area contributed by atoms with Crippen LogP contribution >= 0.6 is 0 Å². The molecule has 0 bridgehead atoms. The Labute approximate surface area is 149 Å².